The lowest BCUT2D eigenvalue weighted by Crippen LogP contribution is -2.08. The lowest BCUT2D eigenvalue weighted by molar-refractivity contribution is 0.575. The van der Waals surface area contributed by atoms with Crippen LogP contribution in [0.5, 0.6) is 0 Å². The summed E-state index contributed by atoms with van der Waals surface area (Å²) in [6.45, 7) is -3.33. The van der Waals surface area contributed by atoms with Crippen LogP contribution in [0.15, 0.2) is 121 Å². The summed E-state index contributed by atoms with van der Waals surface area (Å²) in [6.07, 6.45) is 0. The minimum Gasteiger partial charge on any atom is -0.305 e. The van der Waals surface area contributed by atoms with Crippen molar-refractivity contribution in [3.8, 4) is 0 Å². The van der Waals surface area contributed by atoms with E-state index in [0.717, 1.165) is 22.3 Å². The van der Waals surface area contributed by atoms with Crippen molar-refractivity contribution in [1.82, 2.24) is 0 Å². The molecule has 0 aromatic heterocycles. The predicted octanol–water partition coefficient (Wildman–Crippen LogP) is 8.08. The molecule has 0 saturated carbocycles. The molecule has 0 fully saturated rings. The highest BCUT2D eigenvalue weighted by Gasteiger charge is 2.42. The molecule has 0 heterocycles. The number of hydrogen-bond donors (Lipinski definition) is 0. The highest BCUT2D eigenvalue weighted by Crippen LogP contribution is 2.75. The average molecular weight is 417 g/mol. The summed E-state index contributed by atoms with van der Waals surface area (Å²) in [5, 5.41) is 0. The molecule has 0 aliphatic rings. The Bertz CT molecular complexity index is 917. The standard InChI is InChI=1S/C26H22ClOP/c27-29(28,25(21-13-5-1-6-14-21)22-15-7-2-8-16-22)26(23-17-9-3-10-18-23)24-19-11-4-12-20-24/h1-20,25-26H. The molecule has 0 atom stereocenters. The van der Waals surface area contributed by atoms with Gasteiger partial charge in [0.15, 0.2) is 6.49 Å². The van der Waals surface area contributed by atoms with Gasteiger partial charge in [-0.2, -0.15) is 0 Å². The monoisotopic (exact) mass is 416 g/mol. The van der Waals surface area contributed by atoms with Gasteiger partial charge in [-0.05, 0) is 22.3 Å². The van der Waals surface area contributed by atoms with Crippen molar-refractivity contribution >= 4 is 17.7 Å². The maximum Gasteiger partial charge on any atom is 0.192 e. The summed E-state index contributed by atoms with van der Waals surface area (Å²) >= 11 is 7.16. The molecule has 3 heteroatoms. The minimum atomic E-state index is -3.33. The van der Waals surface area contributed by atoms with E-state index in [1.165, 1.54) is 0 Å². The number of hydrogen-bond acceptors (Lipinski definition) is 1. The highest BCUT2D eigenvalue weighted by molar-refractivity contribution is 7.90. The van der Waals surface area contributed by atoms with Crippen LogP contribution in [0.25, 0.3) is 0 Å². The van der Waals surface area contributed by atoms with Gasteiger partial charge in [-0.15, -0.1) is 0 Å². The molecule has 29 heavy (non-hydrogen) atoms. The Balaban J connectivity index is 1.93. The van der Waals surface area contributed by atoms with Crippen molar-refractivity contribution in [2.45, 2.75) is 11.3 Å². The summed E-state index contributed by atoms with van der Waals surface area (Å²) in [5.74, 6) is 0. The van der Waals surface area contributed by atoms with Gasteiger partial charge in [-0.3, -0.25) is 0 Å². The highest BCUT2D eigenvalue weighted by atomic mass is 35.7. The maximum absolute atomic E-state index is 14.6. The van der Waals surface area contributed by atoms with E-state index in [-0.39, 0.29) is 0 Å². The predicted molar refractivity (Wildman–Crippen MR) is 123 cm³/mol. The lowest BCUT2D eigenvalue weighted by atomic mass is 10.0. The quantitative estimate of drug-likeness (QED) is 0.290. The van der Waals surface area contributed by atoms with E-state index in [0.29, 0.717) is 0 Å². The summed E-state index contributed by atoms with van der Waals surface area (Å²) in [4.78, 5) is 0. The van der Waals surface area contributed by atoms with Crippen LogP contribution in [0.3, 0.4) is 0 Å². The molecule has 0 radical (unpaired) electrons. The largest absolute Gasteiger partial charge is 0.305 e. The molecular formula is C26H22ClOP. The van der Waals surface area contributed by atoms with Gasteiger partial charge in [0, 0.05) is 0 Å². The Labute approximate surface area is 177 Å². The summed E-state index contributed by atoms with van der Waals surface area (Å²) < 4.78 is 14.6. The maximum atomic E-state index is 14.6. The van der Waals surface area contributed by atoms with Crippen molar-refractivity contribution in [3.05, 3.63) is 144 Å². The molecule has 0 spiro atoms. The van der Waals surface area contributed by atoms with Crippen LogP contribution in [0.2, 0.25) is 0 Å². The fourth-order valence-corrected chi connectivity index (χ4v) is 7.85. The van der Waals surface area contributed by atoms with Crippen molar-refractivity contribution < 1.29 is 4.57 Å². The first-order valence-corrected chi connectivity index (χ1v) is 12.4. The van der Waals surface area contributed by atoms with Crippen LogP contribution in [-0.4, -0.2) is 0 Å². The Hall–Kier alpha value is -2.60. The zero-order chi connectivity index (χ0) is 20.1. The third kappa shape index (κ3) is 4.22. The van der Waals surface area contributed by atoms with E-state index in [4.69, 9.17) is 11.2 Å². The van der Waals surface area contributed by atoms with Crippen molar-refractivity contribution in [2.24, 2.45) is 0 Å². The van der Waals surface area contributed by atoms with E-state index >= 15 is 0 Å². The van der Waals surface area contributed by atoms with Gasteiger partial charge in [-0.25, -0.2) is 0 Å². The van der Waals surface area contributed by atoms with Gasteiger partial charge < -0.3 is 4.57 Å². The van der Waals surface area contributed by atoms with Crippen LogP contribution < -0.4 is 0 Å². The van der Waals surface area contributed by atoms with Crippen LogP contribution in [0.4, 0.5) is 0 Å². The second-order valence-corrected chi connectivity index (χ2v) is 10.9. The summed E-state index contributed by atoms with van der Waals surface area (Å²) in [5.41, 5.74) is 3.06. The van der Waals surface area contributed by atoms with Crippen LogP contribution in [-0.2, 0) is 4.57 Å². The summed E-state index contributed by atoms with van der Waals surface area (Å²) in [7, 11) is 0. The second-order valence-electron chi connectivity index (χ2n) is 7.07. The second kappa shape index (κ2) is 8.82. The Morgan fingerprint density at radius 2 is 0.655 bits per heavy atom. The third-order valence-electron chi connectivity index (χ3n) is 5.17. The molecule has 0 aliphatic carbocycles. The molecule has 144 valence electrons. The first kappa shape index (κ1) is 19.7. The fraction of sp³-hybridized carbons (Fsp3) is 0.0769. The van der Waals surface area contributed by atoms with Gasteiger partial charge in [0.05, 0.1) is 11.3 Å². The molecular weight excluding hydrogens is 395 g/mol. The molecule has 4 aromatic carbocycles. The minimum absolute atomic E-state index is 0.406. The Kier molecular flexibility index (Phi) is 6.00. The molecule has 1 nitrogen and oxygen atoms in total. The molecule has 0 N–H and O–H groups in total. The molecule has 0 unspecified atom stereocenters. The molecule has 0 amide bonds. The third-order valence-corrected chi connectivity index (χ3v) is 8.94. The number of benzene rings is 4. The van der Waals surface area contributed by atoms with Crippen molar-refractivity contribution in [3.63, 3.8) is 0 Å². The molecule has 4 aromatic rings. The first-order valence-electron chi connectivity index (χ1n) is 9.67. The van der Waals surface area contributed by atoms with Crippen molar-refractivity contribution in [2.75, 3.05) is 0 Å². The van der Waals surface area contributed by atoms with E-state index in [9.17, 15) is 4.57 Å². The van der Waals surface area contributed by atoms with Gasteiger partial charge in [0.25, 0.3) is 0 Å². The Morgan fingerprint density at radius 1 is 0.448 bits per heavy atom. The zero-order valence-electron chi connectivity index (χ0n) is 15.9. The van der Waals surface area contributed by atoms with Gasteiger partial charge >= 0.3 is 0 Å². The molecule has 0 bridgehead atoms. The van der Waals surface area contributed by atoms with Gasteiger partial charge in [-0.1, -0.05) is 133 Å². The SMILES string of the molecule is O=P(Cl)(C(c1ccccc1)c1ccccc1)C(c1ccccc1)c1ccccc1. The summed E-state index contributed by atoms with van der Waals surface area (Å²) in [6, 6.07) is 39.8. The van der Waals surface area contributed by atoms with E-state index < -0.39 is 17.8 Å². The van der Waals surface area contributed by atoms with Gasteiger partial charge in [0.2, 0.25) is 0 Å². The molecule has 4 rings (SSSR count). The van der Waals surface area contributed by atoms with Crippen molar-refractivity contribution in [1.29, 1.82) is 0 Å². The fourth-order valence-electron chi connectivity index (χ4n) is 3.89. The van der Waals surface area contributed by atoms with Gasteiger partial charge in [0.1, 0.15) is 0 Å². The Morgan fingerprint density at radius 3 is 0.862 bits per heavy atom. The first-order chi connectivity index (χ1) is 14.2. The van der Waals surface area contributed by atoms with Crippen LogP contribution >= 0.6 is 17.7 Å². The number of rotatable bonds is 6. The normalized spacial score (nSPS) is 11.7. The van der Waals surface area contributed by atoms with Crippen LogP contribution in [0.1, 0.15) is 33.6 Å². The van der Waals surface area contributed by atoms with E-state index in [1.807, 2.05) is 121 Å². The van der Waals surface area contributed by atoms with Crippen LogP contribution in [0, 0.1) is 0 Å². The topological polar surface area (TPSA) is 17.1 Å². The smallest absolute Gasteiger partial charge is 0.192 e. The van der Waals surface area contributed by atoms with E-state index in [2.05, 4.69) is 0 Å². The molecule has 0 saturated heterocycles. The average Bonchev–Trinajstić information content (AvgIpc) is 2.77. The zero-order valence-corrected chi connectivity index (χ0v) is 17.6. The number of halogens is 1. The van der Waals surface area contributed by atoms with E-state index in [1.54, 1.807) is 0 Å². The molecule has 0 aliphatic heterocycles. The lowest BCUT2D eigenvalue weighted by Gasteiger charge is -2.31.